The molecule has 1 unspecified atom stereocenters. The molecule has 40 heavy (non-hydrogen) atoms. The van der Waals surface area contributed by atoms with Crippen LogP contribution in [-0.4, -0.2) is 10.7 Å². The lowest BCUT2D eigenvalue weighted by Gasteiger charge is -2.40. The summed E-state index contributed by atoms with van der Waals surface area (Å²) in [6.45, 7) is 4.05. The Hall–Kier alpha value is -4.06. The summed E-state index contributed by atoms with van der Waals surface area (Å²) in [7, 11) is 0. The first kappa shape index (κ1) is 27.5. The molecule has 0 saturated carbocycles. The van der Waals surface area contributed by atoms with Crippen molar-refractivity contribution in [2.45, 2.75) is 49.7 Å². The molecule has 9 heteroatoms. The average Bonchev–Trinajstić information content (AvgIpc) is 2.93. The van der Waals surface area contributed by atoms with Crippen LogP contribution in [0.3, 0.4) is 0 Å². The Morgan fingerprint density at radius 1 is 1.12 bits per heavy atom. The number of hydrogen-bond donors (Lipinski definition) is 1. The van der Waals surface area contributed by atoms with E-state index in [-0.39, 0.29) is 22.9 Å². The van der Waals surface area contributed by atoms with E-state index in [2.05, 4.69) is 25.1 Å². The standard InChI is InChI=1S/C31H27ClN4O3S/c1-18-13-19(2)25(14-20(18)17-40-24-11-9-21(32)10-12-24)29-26(16-33)31(34)35(27-7-4-8-28(37)30(27)29)22-5-3-6-23(15-22)36(38)39/h3,5-6,9-15,29H,4,7-8,17,34H2,1-2H3. The molecule has 1 aliphatic carbocycles. The number of allylic oxidation sites excluding steroid dienone is 3. The Morgan fingerprint density at radius 3 is 2.58 bits per heavy atom. The summed E-state index contributed by atoms with van der Waals surface area (Å²) >= 11 is 7.73. The van der Waals surface area contributed by atoms with Gasteiger partial charge in [0.25, 0.3) is 5.69 Å². The number of aryl methyl sites for hydroxylation is 2. The van der Waals surface area contributed by atoms with Crippen molar-refractivity contribution in [3.05, 3.63) is 121 Å². The fourth-order valence-corrected chi connectivity index (χ4v) is 6.60. The van der Waals surface area contributed by atoms with E-state index in [1.807, 2.05) is 31.2 Å². The molecular formula is C31H27ClN4O3S. The third-order valence-corrected chi connectivity index (χ3v) is 8.77. The number of nitrogens with two attached hydrogens (primary N) is 1. The summed E-state index contributed by atoms with van der Waals surface area (Å²) < 4.78 is 0. The molecule has 1 heterocycles. The molecular weight excluding hydrogens is 544 g/mol. The van der Waals surface area contributed by atoms with Crippen LogP contribution >= 0.6 is 23.4 Å². The van der Waals surface area contributed by atoms with Gasteiger partial charge in [-0.15, -0.1) is 11.8 Å². The highest BCUT2D eigenvalue weighted by Crippen LogP contribution is 2.47. The molecule has 0 radical (unpaired) electrons. The summed E-state index contributed by atoms with van der Waals surface area (Å²) in [4.78, 5) is 27.3. The summed E-state index contributed by atoms with van der Waals surface area (Å²) in [5.41, 5.74) is 12.6. The highest BCUT2D eigenvalue weighted by molar-refractivity contribution is 7.98. The SMILES string of the molecule is Cc1cc(C)c(C2C(C#N)=C(N)N(c3cccc([N+](=O)[O-])c3)C3=C2C(=O)CCC3)cc1CSc1ccc(Cl)cc1. The number of anilines is 1. The van der Waals surface area contributed by atoms with Gasteiger partial charge in [-0.25, -0.2) is 0 Å². The van der Waals surface area contributed by atoms with Crippen molar-refractivity contribution in [1.29, 1.82) is 5.26 Å². The minimum absolute atomic E-state index is 0.0287. The predicted octanol–water partition coefficient (Wildman–Crippen LogP) is 7.46. The normalized spacial score (nSPS) is 17.1. The molecule has 0 aromatic heterocycles. The van der Waals surface area contributed by atoms with E-state index in [9.17, 15) is 20.2 Å². The number of Topliss-reactive ketones (excluding diaryl/α,β-unsaturated/α-hetero) is 1. The topological polar surface area (TPSA) is 113 Å². The molecule has 0 bridgehead atoms. The lowest BCUT2D eigenvalue weighted by Crippen LogP contribution is -2.39. The number of hydrogen-bond acceptors (Lipinski definition) is 7. The summed E-state index contributed by atoms with van der Waals surface area (Å²) in [5.74, 6) is 0.258. The second-order valence-electron chi connectivity index (χ2n) is 9.97. The van der Waals surface area contributed by atoms with Crippen LogP contribution in [0.5, 0.6) is 0 Å². The molecule has 2 N–H and O–H groups in total. The molecule has 3 aromatic carbocycles. The molecule has 7 nitrogen and oxygen atoms in total. The molecule has 0 spiro atoms. The average molecular weight is 571 g/mol. The number of ketones is 1. The number of nitriles is 1. The number of rotatable bonds is 6. The van der Waals surface area contributed by atoms with Gasteiger partial charge in [-0.1, -0.05) is 29.8 Å². The first-order valence-electron chi connectivity index (χ1n) is 12.9. The maximum absolute atomic E-state index is 13.6. The largest absolute Gasteiger partial charge is 0.384 e. The van der Waals surface area contributed by atoms with Crippen molar-refractivity contribution in [3.63, 3.8) is 0 Å². The van der Waals surface area contributed by atoms with E-state index in [1.54, 1.807) is 28.8 Å². The number of carbonyl (C=O) groups is 1. The Labute approximate surface area is 242 Å². The van der Waals surface area contributed by atoms with Crippen LogP contribution in [0.1, 0.15) is 47.4 Å². The van der Waals surface area contributed by atoms with Crippen molar-refractivity contribution in [2.75, 3.05) is 4.90 Å². The van der Waals surface area contributed by atoms with E-state index >= 15 is 0 Å². The maximum atomic E-state index is 13.6. The lowest BCUT2D eigenvalue weighted by molar-refractivity contribution is -0.384. The third kappa shape index (κ3) is 5.10. The fourth-order valence-electron chi connectivity index (χ4n) is 5.51. The molecule has 5 rings (SSSR count). The van der Waals surface area contributed by atoms with Gasteiger partial charge in [-0.05, 0) is 79.3 Å². The number of non-ortho nitro benzene ring substituents is 1. The zero-order valence-electron chi connectivity index (χ0n) is 22.1. The second kappa shape index (κ2) is 11.2. The summed E-state index contributed by atoms with van der Waals surface area (Å²) in [6.07, 6.45) is 1.59. The quantitative estimate of drug-likeness (QED) is 0.186. The van der Waals surface area contributed by atoms with E-state index in [1.165, 1.54) is 12.1 Å². The van der Waals surface area contributed by atoms with Crippen LogP contribution in [-0.2, 0) is 10.5 Å². The van der Waals surface area contributed by atoms with Crippen LogP contribution in [0.4, 0.5) is 11.4 Å². The number of thioether (sulfide) groups is 1. The van der Waals surface area contributed by atoms with Gasteiger partial charge >= 0.3 is 0 Å². The van der Waals surface area contributed by atoms with Crippen molar-refractivity contribution >= 4 is 40.5 Å². The smallest absolute Gasteiger partial charge is 0.271 e. The monoisotopic (exact) mass is 570 g/mol. The number of nitro groups is 1. The first-order valence-corrected chi connectivity index (χ1v) is 14.2. The minimum Gasteiger partial charge on any atom is -0.384 e. The summed E-state index contributed by atoms with van der Waals surface area (Å²) in [6, 6.07) is 20.3. The molecule has 2 aliphatic rings. The van der Waals surface area contributed by atoms with Gasteiger partial charge in [0.2, 0.25) is 0 Å². The van der Waals surface area contributed by atoms with E-state index < -0.39 is 10.8 Å². The number of carbonyl (C=O) groups excluding carboxylic acids is 1. The van der Waals surface area contributed by atoms with E-state index in [0.717, 1.165) is 27.1 Å². The molecule has 1 aliphatic heterocycles. The van der Waals surface area contributed by atoms with Crippen LogP contribution < -0.4 is 10.6 Å². The zero-order valence-corrected chi connectivity index (χ0v) is 23.7. The highest BCUT2D eigenvalue weighted by Gasteiger charge is 2.41. The Morgan fingerprint density at radius 2 is 1.88 bits per heavy atom. The first-order chi connectivity index (χ1) is 19.2. The van der Waals surface area contributed by atoms with Gasteiger partial charge in [0.15, 0.2) is 5.78 Å². The van der Waals surface area contributed by atoms with Gasteiger partial charge in [-0.3, -0.25) is 19.8 Å². The molecule has 202 valence electrons. The van der Waals surface area contributed by atoms with Crippen molar-refractivity contribution < 1.29 is 9.72 Å². The van der Waals surface area contributed by atoms with Gasteiger partial charge in [0, 0.05) is 45.5 Å². The van der Waals surface area contributed by atoms with Crippen LogP contribution in [0, 0.1) is 35.3 Å². The van der Waals surface area contributed by atoms with Crippen LogP contribution in [0.2, 0.25) is 5.02 Å². The number of nitro benzene ring substituents is 1. The van der Waals surface area contributed by atoms with Gasteiger partial charge in [0.1, 0.15) is 5.82 Å². The van der Waals surface area contributed by atoms with Crippen molar-refractivity contribution in [2.24, 2.45) is 5.73 Å². The highest BCUT2D eigenvalue weighted by atomic mass is 35.5. The second-order valence-corrected chi connectivity index (χ2v) is 11.5. The number of halogens is 1. The third-order valence-electron chi connectivity index (χ3n) is 7.46. The molecule has 3 aromatic rings. The number of benzene rings is 3. The van der Waals surface area contributed by atoms with Gasteiger partial charge in [-0.2, -0.15) is 5.26 Å². The van der Waals surface area contributed by atoms with E-state index in [0.29, 0.717) is 47.0 Å². The predicted molar refractivity (Wildman–Crippen MR) is 158 cm³/mol. The minimum atomic E-state index is -0.609. The van der Waals surface area contributed by atoms with Crippen molar-refractivity contribution in [1.82, 2.24) is 0 Å². The zero-order chi connectivity index (χ0) is 28.6. The Bertz CT molecular complexity index is 1640. The van der Waals surface area contributed by atoms with Crippen LogP contribution in [0.15, 0.2) is 88.2 Å². The number of nitrogens with zero attached hydrogens (tertiary/aromatic N) is 3. The molecule has 1 atom stereocenters. The van der Waals surface area contributed by atoms with E-state index in [4.69, 9.17) is 17.3 Å². The Balaban J connectivity index is 1.63. The summed E-state index contributed by atoms with van der Waals surface area (Å²) in [5, 5.41) is 22.6. The van der Waals surface area contributed by atoms with Crippen molar-refractivity contribution in [3.8, 4) is 6.07 Å². The van der Waals surface area contributed by atoms with Crippen LogP contribution in [0.25, 0.3) is 0 Å². The lowest BCUT2D eigenvalue weighted by atomic mass is 9.74. The Kier molecular flexibility index (Phi) is 7.70. The van der Waals surface area contributed by atoms with Gasteiger partial charge in [0.05, 0.1) is 28.2 Å². The maximum Gasteiger partial charge on any atom is 0.271 e. The van der Waals surface area contributed by atoms with Gasteiger partial charge < -0.3 is 5.73 Å². The molecule has 0 amide bonds. The molecule has 0 saturated heterocycles. The fraction of sp³-hybridized carbons (Fsp3) is 0.226. The molecule has 0 fully saturated rings.